The lowest BCUT2D eigenvalue weighted by atomic mass is 9.78. The maximum absolute atomic E-state index is 13.6. The van der Waals surface area contributed by atoms with E-state index in [1.165, 1.54) is 18.0 Å². The number of pyridine rings is 2. The van der Waals surface area contributed by atoms with Gasteiger partial charge in [-0.05, 0) is 25.1 Å². The average molecular weight is 424 g/mol. The van der Waals surface area contributed by atoms with Gasteiger partial charge in [0.05, 0.1) is 5.69 Å². The third-order valence-corrected chi connectivity index (χ3v) is 7.47. The molecule has 0 N–H and O–H groups in total. The van der Waals surface area contributed by atoms with Gasteiger partial charge in [-0.3, -0.25) is 24.3 Å². The summed E-state index contributed by atoms with van der Waals surface area (Å²) in [4.78, 5) is 49.0. The van der Waals surface area contributed by atoms with Crippen LogP contribution >= 0.6 is 0 Å². The molecule has 30 heavy (non-hydrogen) atoms. The Morgan fingerprint density at radius 1 is 1.27 bits per heavy atom. The zero-order valence-corrected chi connectivity index (χ0v) is 18.7. The van der Waals surface area contributed by atoms with E-state index in [-0.39, 0.29) is 30.6 Å². The Kier molecular flexibility index (Phi) is 4.94. The van der Waals surface area contributed by atoms with Gasteiger partial charge in [0.1, 0.15) is 18.0 Å². The lowest BCUT2D eigenvalue weighted by Gasteiger charge is -2.22. The van der Waals surface area contributed by atoms with Crippen molar-refractivity contribution in [1.82, 2.24) is 9.97 Å². The van der Waals surface area contributed by atoms with E-state index in [0.717, 1.165) is 6.04 Å². The van der Waals surface area contributed by atoms with Crippen LogP contribution in [0.25, 0.3) is 0 Å². The number of amides is 1. The fourth-order valence-electron chi connectivity index (χ4n) is 4.02. The number of hydrogen-bond acceptors (Lipinski definition) is 6. The normalized spacial score (nSPS) is 20.1. The largest absolute Gasteiger partial charge is 0.361 e. The van der Waals surface area contributed by atoms with E-state index in [1.54, 1.807) is 24.4 Å². The molecule has 0 bridgehead atoms. The number of fused-ring (bicyclic) bond motifs is 3. The Labute approximate surface area is 176 Å². The van der Waals surface area contributed by atoms with Crippen molar-refractivity contribution in [1.29, 1.82) is 0 Å². The van der Waals surface area contributed by atoms with E-state index in [2.05, 4.69) is 29.6 Å². The number of carbonyl (C=O) groups is 3. The zero-order valence-electron chi connectivity index (χ0n) is 17.7. The predicted molar refractivity (Wildman–Crippen MR) is 115 cm³/mol. The minimum atomic E-state index is -1.38. The number of rotatable bonds is 6. The number of hydrogen-bond donors (Lipinski definition) is 0. The molecule has 2 aliphatic rings. The summed E-state index contributed by atoms with van der Waals surface area (Å²) in [5.41, 5.74) is 0.442. The van der Waals surface area contributed by atoms with Gasteiger partial charge in [0.25, 0.3) is 0 Å². The number of Topliss-reactive ketones (excluding diaryl/α,β-unsaturated/α-hetero) is 2. The smallest absolute Gasteiger partial charge is 0.249 e. The van der Waals surface area contributed by atoms with E-state index in [4.69, 9.17) is 4.74 Å². The fourth-order valence-corrected chi connectivity index (χ4v) is 4.77. The van der Waals surface area contributed by atoms with Crippen LogP contribution in [-0.2, 0) is 21.4 Å². The van der Waals surface area contributed by atoms with Crippen LogP contribution in [0, 0.1) is 0 Å². The molecule has 8 heteroatoms. The Bertz CT molecular complexity index is 1060. The minimum Gasteiger partial charge on any atom is -0.361 e. The van der Waals surface area contributed by atoms with Crippen molar-refractivity contribution in [3.8, 4) is 0 Å². The second-order valence-corrected chi connectivity index (χ2v) is 14.8. The molecule has 2 aromatic rings. The molecule has 0 radical (unpaired) electrons. The first-order valence-corrected chi connectivity index (χ1v) is 13.8. The maximum Gasteiger partial charge on any atom is 0.249 e. The molecule has 0 fully saturated rings. The molecule has 1 unspecified atom stereocenters. The monoisotopic (exact) mass is 423 g/mol. The van der Waals surface area contributed by atoms with Gasteiger partial charge >= 0.3 is 0 Å². The lowest BCUT2D eigenvalue weighted by molar-refractivity contribution is -0.122. The standard InChI is InChI=1S/C22H25N3O4Si/c1-14(26)15-10-16-18(24-12-15)11-22(19(16)27)17-6-5-7-23-20(17)25(21(22)28)13-29-8-9-30(2,3)4/h5-7,10,12H,8-9,11,13H2,1-4H3. The highest BCUT2D eigenvalue weighted by molar-refractivity contribution is 6.76. The van der Waals surface area contributed by atoms with Crippen LogP contribution in [0.3, 0.4) is 0 Å². The van der Waals surface area contributed by atoms with E-state index in [1.807, 2.05) is 0 Å². The molecule has 3 heterocycles. The van der Waals surface area contributed by atoms with Crippen LogP contribution in [0.15, 0.2) is 30.6 Å². The highest BCUT2D eigenvalue weighted by Crippen LogP contribution is 2.48. The van der Waals surface area contributed by atoms with Crippen LogP contribution in [0.2, 0.25) is 25.7 Å². The summed E-state index contributed by atoms with van der Waals surface area (Å²) in [6.45, 7) is 8.84. The topological polar surface area (TPSA) is 89.5 Å². The lowest BCUT2D eigenvalue weighted by Crippen LogP contribution is -2.45. The SMILES string of the molecule is CC(=O)c1cnc2c(c1)C(=O)C1(C2)C(=O)N(COCC[Si](C)(C)C)c2ncccc21. The Morgan fingerprint density at radius 2 is 2.03 bits per heavy atom. The summed E-state index contributed by atoms with van der Waals surface area (Å²) in [5.74, 6) is -0.367. The molecular weight excluding hydrogens is 398 g/mol. The van der Waals surface area contributed by atoms with Crippen molar-refractivity contribution in [3.63, 3.8) is 0 Å². The average Bonchev–Trinajstić information content (AvgIpc) is 3.11. The second kappa shape index (κ2) is 7.21. The highest BCUT2D eigenvalue weighted by Gasteiger charge is 2.61. The van der Waals surface area contributed by atoms with Gasteiger partial charge in [0, 0.05) is 50.2 Å². The number of ketones is 2. The first kappa shape index (κ1) is 20.6. The number of nitrogens with zero attached hydrogens (tertiary/aromatic N) is 3. The molecule has 156 valence electrons. The molecule has 1 amide bonds. The van der Waals surface area contributed by atoms with Gasteiger partial charge in [-0.1, -0.05) is 25.7 Å². The molecule has 2 aromatic heterocycles. The summed E-state index contributed by atoms with van der Waals surface area (Å²) in [6.07, 6.45) is 3.25. The van der Waals surface area contributed by atoms with Crippen molar-refractivity contribution >= 4 is 31.4 Å². The Hall–Kier alpha value is -2.71. The minimum absolute atomic E-state index is 0.0603. The van der Waals surface area contributed by atoms with Crippen LogP contribution in [0.1, 0.15) is 38.9 Å². The third-order valence-electron chi connectivity index (χ3n) is 5.77. The van der Waals surface area contributed by atoms with Crippen molar-refractivity contribution < 1.29 is 19.1 Å². The van der Waals surface area contributed by atoms with Crippen LogP contribution in [0.5, 0.6) is 0 Å². The number of ether oxygens (including phenoxy) is 1. The molecular formula is C22H25N3O4Si. The summed E-state index contributed by atoms with van der Waals surface area (Å²) in [7, 11) is -1.26. The molecule has 7 nitrogen and oxygen atoms in total. The molecule has 1 spiro atoms. The molecule has 0 aromatic carbocycles. The van der Waals surface area contributed by atoms with Gasteiger partial charge in [0.15, 0.2) is 11.6 Å². The van der Waals surface area contributed by atoms with E-state index >= 15 is 0 Å². The molecule has 0 saturated carbocycles. The third kappa shape index (κ3) is 3.20. The van der Waals surface area contributed by atoms with Gasteiger partial charge < -0.3 is 4.74 Å². The van der Waals surface area contributed by atoms with Gasteiger partial charge in [-0.2, -0.15) is 0 Å². The van der Waals surface area contributed by atoms with Gasteiger partial charge in [0.2, 0.25) is 5.91 Å². The zero-order chi connectivity index (χ0) is 21.7. The van der Waals surface area contributed by atoms with Crippen molar-refractivity contribution in [2.24, 2.45) is 0 Å². The maximum atomic E-state index is 13.6. The molecule has 1 aliphatic heterocycles. The van der Waals surface area contributed by atoms with Crippen molar-refractivity contribution in [3.05, 3.63) is 53.0 Å². The summed E-state index contributed by atoms with van der Waals surface area (Å²) in [5, 5.41) is 0. The van der Waals surface area contributed by atoms with Crippen LogP contribution < -0.4 is 4.90 Å². The first-order valence-electron chi connectivity index (χ1n) is 10.0. The number of anilines is 1. The van der Waals surface area contributed by atoms with Crippen LogP contribution in [-0.4, -0.2) is 48.9 Å². The van der Waals surface area contributed by atoms with Crippen LogP contribution in [0.4, 0.5) is 5.82 Å². The quantitative estimate of drug-likeness (QED) is 0.307. The number of aromatic nitrogens is 2. The Balaban J connectivity index is 1.67. The van der Waals surface area contributed by atoms with Gasteiger partial charge in [-0.25, -0.2) is 4.98 Å². The highest BCUT2D eigenvalue weighted by atomic mass is 28.3. The molecule has 4 rings (SSSR count). The van der Waals surface area contributed by atoms with Crippen molar-refractivity contribution in [2.45, 2.75) is 44.4 Å². The second-order valence-electron chi connectivity index (χ2n) is 9.14. The molecule has 1 aliphatic carbocycles. The summed E-state index contributed by atoms with van der Waals surface area (Å²) < 4.78 is 5.81. The Morgan fingerprint density at radius 3 is 2.73 bits per heavy atom. The van der Waals surface area contributed by atoms with E-state index in [9.17, 15) is 14.4 Å². The predicted octanol–water partition coefficient (Wildman–Crippen LogP) is 3.01. The molecule has 0 saturated heterocycles. The summed E-state index contributed by atoms with van der Waals surface area (Å²) in [6, 6.07) is 6.04. The fraction of sp³-hybridized carbons (Fsp3) is 0.409. The van der Waals surface area contributed by atoms with Gasteiger partial charge in [-0.15, -0.1) is 0 Å². The van der Waals surface area contributed by atoms with Crippen molar-refractivity contribution in [2.75, 3.05) is 18.2 Å². The molecule has 1 atom stereocenters. The first-order chi connectivity index (χ1) is 14.1. The summed E-state index contributed by atoms with van der Waals surface area (Å²) >= 11 is 0. The number of carbonyl (C=O) groups excluding carboxylic acids is 3. The van der Waals surface area contributed by atoms with E-state index in [0.29, 0.717) is 34.8 Å². The van der Waals surface area contributed by atoms with E-state index < -0.39 is 13.5 Å².